The summed E-state index contributed by atoms with van der Waals surface area (Å²) < 4.78 is 0. The summed E-state index contributed by atoms with van der Waals surface area (Å²) in [5.41, 5.74) is 7.97. The second-order valence-electron chi connectivity index (χ2n) is 7.10. The molecule has 0 aromatic carbocycles. The summed E-state index contributed by atoms with van der Waals surface area (Å²) in [4.78, 5) is 32.5. The minimum absolute atomic E-state index is 0.0883. The Morgan fingerprint density at radius 2 is 1.93 bits per heavy atom. The Balaban J connectivity index is 1.53. The molecular formula is C18H23N7O3. The molecule has 0 spiro atoms. The molecule has 1 aliphatic heterocycles. The molecule has 0 radical (unpaired) electrons. The van der Waals surface area contributed by atoms with Crippen LogP contribution < -0.4 is 15.5 Å². The Morgan fingerprint density at radius 1 is 1.14 bits per heavy atom. The van der Waals surface area contributed by atoms with Crippen molar-refractivity contribution in [3.8, 4) is 0 Å². The van der Waals surface area contributed by atoms with Crippen molar-refractivity contribution in [2.24, 2.45) is 0 Å². The van der Waals surface area contributed by atoms with E-state index in [0.717, 1.165) is 25.0 Å². The van der Waals surface area contributed by atoms with Crippen molar-refractivity contribution in [2.45, 2.75) is 31.7 Å². The van der Waals surface area contributed by atoms with Gasteiger partial charge in [-0.15, -0.1) is 0 Å². The van der Waals surface area contributed by atoms with Gasteiger partial charge in [0.1, 0.15) is 11.4 Å². The minimum Gasteiger partial charge on any atom is -0.477 e. The van der Waals surface area contributed by atoms with Crippen LogP contribution in [0.4, 0.5) is 17.7 Å². The van der Waals surface area contributed by atoms with E-state index in [4.69, 9.17) is 15.8 Å². The summed E-state index contributed by atoms with van der Waals surface area (Å²) in [6, 6.07) is -0.275. The maximum atomic E-state index is 11.1. The lowest BCUT2D eigenvalue weighted by Gasteiger charge is -2.40. The number of hydrogen-bond acceptors (Lipinski definition) is 9. The number of nitrogens with two attached hydrogens (primary N) is 1. The molecule has 2 aliphatic rings. The number of aromatic nitrogens is 4. The molecular weight excluding hydrogens is 362 g/mol. The van der Waals surface area contributed by atoms with Crippen LogP contribution >= 0.6 is 0 Å². The van der Waals surface area contributed by atoms with Crippen LogP contribution in [0.15, 0.2) is 12.4 Å². The monoisotopic (exact) mass is 385 g/mol. The molecule has 0 amide bonds. The average molecular weight is 385 g/mol. The van der Waals surface area contributed by atoms with E-state index in [2.05, 4.69) is 19.9 Å². The number of piperazine rings is 1. The third kappa shape index (κ3) is 3.42. The number of carboxylic acids is 1. The molecule has 2 aromatic rings. The van der Waals surface area contributed by atoms with Crippen LogP contribution in [0, 0.1) is 0 Å². The van der Waals surface area contributed by atoms with Crippen molar-refractivity contribution in [1.29, 1.82) is 0 Å². The average Bonchev–Trinajstić information content (AvgIpc) is 2.72. The Kier molecular flexibility index (Phi) is 4.95. The van der Waals surface area contributed by atoms with Gasteiger partial charge in [0.15, 0.2) is 0 Å². The van der Waals surface area contributed by atoms with Crippen LogP contribution in [-0.2, 0) is 12.8 Å². The second kappa shape index (κ2) is 7.55. The van der Waals surface area contributed by atoms with Crippen molar-refractivity contribution < 1.29 is 15.0 Å². The fraction of sp³-hybridized carbons (Fsp3) is 0.500. The molecule has 148 valence electrons. The number of aryl methyl sites for hydroxylation is 2. The molecule has 1 atom stereocenters. The first-order chi connectivity index (χ1) is 13.6. The number of carbonyl (C=O) groups is 1. The van der Waals surface area contributed by atoms with Gasteiger partial charge in [-0.1, -0.05) is 0 Å². The van der Waals surface area contributed by atoms with E-state index < -0.39 is 5.97 Å². The molecule has 10 nitrogen and oxygen atoms in total. The van der Waals surface area contributed by atoms with Crippen LogP contribution in [-0.4, -0.2) is 68.4 Å². The van der Waals surface area contributed by atoms with Gasteiger partial charge in [0.25, 0.3) is 0 Å². The highest BCUT2D eigenvalue weighted by Crippen LogP contribution is 2.24. The third-order valence-electron chi connectivity index (χ3n) is 5.32. The quantitative estimate of drug-likeness (QED) is 0.664. The van der Waals surface area contributed by atoms with E-state index in [0.29, 0.717) is 31.5 Å². The number of rotatable bonds is 4. The number of carboxylic acid groups (broad SMARTS) is 1. The fourth-order valence-corrected chi connectivity index (χ4v) is 3.76. The van der Waals surface area contributed by atoms with Gasteiger partial charge in [-0.2, -0.15) is 4.98 Å². The normalized spacial score (nSPS) is 19.4. The molecule has 0 saturated carbocycles. The number of aliphatic hydroxyl groups excluding tert-OH is 1. The van der Waals surface area contributed by atoms with Gasteiger partial charge in [-0.05, 0) is 31.2 Å². The smallest absolute Gasteiger partial charge is 0.341 e. The van der Waals surface area contributed by atoms with Crippen molar-refractivity contribution in [3.63, 3.8) is 0 Å². The SMILES string of the molecule is Nc1nc(N2CCN(c3ncc4c(n3)CCCC4)C[C@@H]2CO)ncc1C(=O)O. The number of nitrogens with zero attached hydrogens (tertiary/aromatic N) is 6. The summed E-state index contributed by atoms with van der Waals surface area (Å²) in [6.07, 6.45) is 7.48. The highest BCUT2D eigenvalue weighted by molar-refractivity contribution is 5.92. The van der Waals surface area contributed by atoms with Gasteiger partial charge in [-0.3, -0.25) is 0 Å². The maximum Gasteiger partial charge on any atom is 0.341 e. The van der Waals surface area contributed by atoms with Gasteiger partial charge in [0, 0.05) is 37.7 Å². The molecule has 2 aromatic heterocycles. The summed E-state index contributed by atoms with van der Waals surface area (Å²) in [7, 11) is 0. The molecule has 0 unspecified atom stereocenters. The molecule has 0 bridgehead atoms. The van der Waals surface area contributed by atoms with Gasteiger partial charge in [-0.25, -0.2) is 19.7 Å². The lowest BCUT2D eigenvalue weighted by molar-refractivity contribution is 0.0697. The van der Waals surface area contributed by atoms with Gasteiger partial charge < -0.3 is 25.7 Å². The largest absolute Gasteiger partial charge is 0.477 e. The zero-order chi connectivity index (χ0) is 19.7. The number of hydrogen-bond donors (Lipinski definition) is 3. The number of nitrogen functional groups attached to an aromatic ring is 1. The predicted octanol–water partition coefficient (Wildman–Crippen LogP) is 0.113. The van der Waals surface area contributed by atoms with Crippen LogP contribution in [0.2, 0.25) is 0 Å². The van der Waals surface area contributed by atoms with Crippen molar-refractivity contribution in [2.75, 3.05) is 41.8 Å². The van der Waals surface area contributed by atoms with Crippen molar-refractivity contribution in [1.82, 2.24) is 19.9 Å². The van der Waals surface area contributed by atoms with Crippen LogP contribution in [0.5, 0.6) is 0 Å². The maximum absolute atomic E-state index is 11.1. The van der Waals surface area contributed by atoms with Crippen LogP contribution in [0.3, 0.4) is 0 Å². The molecule has 10 heteroatoms. The zero-order valence-corrected chi connectivity index (χ0v) is 15.5. The zero-order valence-electron chi connectivity index (χ0n) is 15.5. The highest BCUT2D eigenvalue weighted by atomic mass is 16.4. The Bertz CT molecular complexity index is 891. The van der Waals surface area contributed by atoms with Crippen LogP contribution in [0.1, 0.15) is 34.5 Å². The summed E-state index contributed by atoms with van der Waals surface area (Å²) in [5, 5.41) is 19.0. The number of fused-ring (bicyclic) bond motifs is 1. The second-order valence-corrected chi connectivity index (χ2v) is 7.10. The van der Waals surface area contributed by atoms with E-state index in [1.54, 1.807) is 0 Å². The van der Waals surface area contributed by atoms with Crippen molar-refractivity contribution in [3.05, 3.63) is 29.2 Å². The lowest BCUT2D eigenvalue weighted by Crippen LogP contribution is -2.56. The van der Waals surface area contributed by atoms with E-state index in [-0.39, 0.29) is 24.0 Å². The van der Waals surface area contributed by atoms with Gasteiger partial charge in [0.2, 0.25) is 11.9 Å². The highest BCUT2D eigenvalue weighted by Gasteiger charge is 2.30. The fourth-order valence-electron chi connectivity index (χ4n) is 3.76. The number of aromatic carboxylic acids is 1. The van der Waals surface area contributed by atoms with E-state index in [1.165, 1.54) is 18.2 Å². The lowest BCUT2D eigenvalue weighted by atomic mass is 9.98. The Morgan fingerprint density at radius 3 is 2.68 bits per heavy atom. The van der Waals surface area contributed by atoms with E-state index in [9.17, 15) is 9.90 Å². The minimum atomic E-state index is -1.17. The molecule has 1 fully saturated rings. The Hall–Kier alpha value is -3.01. The van der Waals surface area contributed by atoms with Crippen LogP contribution in [0.25, 0.3) is 0 Å². The molecule has 4 rings (SSSR count). The Labute approximate surface area is 162 Å². The summed E-state index contributed by atoms with van der Waals surface area (Å²) in [5.74, 6) is -0.264. The number of aliphatic hydroxyl groups is 1. The number of anilines is 3. The molecule has 28 heavy (non-hydrogen) atoms. The first kappa shape index (κ1) is 18.4. The molecule has 1 saturated heterocycles. The van der Waals surface area contributed by atoms with Gasteiger partial charge >= 0.3 is 5.97 Å². The molecule has 3 heterocycles. The summed E-state index contributed by atoms with van der Waals surface area (Å²) >= 11 is 0. The first-order valence-corrected chi connectivity index (χ1v) is 9.40. The van der Waals surface area contributed by atoms with E-state index in [1.807, 2.05) is 11.1 Å². The molecule has 4 N–H and O–H groups in total. The topological polar surface area (TPSA) is 142 Å². The van der Waals surface area contributed by atoms with Crippen molar-refractivity contribution >= 4 is 23.7 Å². The first-order valence-electron chi connectivity index (χ1n) is 9.40. The molecule has 1 aliphatic carbocycles. The van der Waals surface area contributed by atoms with E-state index >= 15 is 0 Å². The van der Waals surface area contributed by atoms with Gasteiger partial charge in [0.05, 0.1) is 12.6 Å². The third-order valence-corrected chi connectivity index (χ3v) is 5.32. The standard InChI is InChI=1S/C18H23N7O3/c19-15-13(16(27)28)8-21-18(23-15)25-6-5-24(9-12(25)10-26)17-20-7-11-3-1-2-4-14(11)22-17/h7-8,12,26H,1-6,9-10H2,(H,27,28)(H2,19,21,23)/t12-/m1/s1. The predicted molar refractivity (Wildman–Crippen MR) is 103 cm³/mol. The summed E-state index contributed by atoms with van der Waals surface area (Å²) in [6.45, 7) is 1.58.